The molecule has 19 heavy (non-hydrogen) atoms. The largest absolute Gasteiger partial charge is 0.478 e. The van der Waals surface area contributed by atoms with E-state index in [0.717, 1.165) is 31.5 Å². The molecule has 1 unspecified atom stereocenters. The van der Waals surface area contributed by atoms with Gasteiger partial charge >= 0.3 is 5.97 Å². The molecule has 1 aromatic heterocycles. The lowest BCUT2D eigenvalue weighted by Crippen LogP contribution is -2.40. The maximum absolute atomic E-state index is 11.2. The minimum Gasteiger partial charge on any atom is -0.478 e. The van der Waals surface area contributed by atoms with Crippen LogP contribution in [0.4, 0.5) is 0 Å². The summed E-state index contributed by atoms with van der Waals surface area (Å²) in [4.78, 5) is 13.4. The van der Waals surface area contributed by atoms with Crippen molar-refractivity contribution in [1.29, 1.82) is 0 Å². The van der Waals surface area contributed by atoms with E-state index in [0.29, 0.717) is 12.6 Å². The molecule has 1 atom stereocenters. The van der Waals surface area contributed by atoms with E-state index in [9.17, 15) is 4.79 Å². The highest BCUT2D eigenvalue weighted by Crippen LogP contribution is 2.22. The summed E-state index contributed by atoms with van der Waals surface area (Å²) in [6.07, 6.45) is 5.53. The molecule has 0 spiro atoms. The highest BCUT2D eigenvalue weighted by molar-refractivity contribution is 5.88. The highest BCUT2D eigenvalue weighted by atomic mass is 16.4. The molecule has 6 heteroatoms. The van der Waals surface area contributed by atoms with E-state index in [1.165, 1.54) is 12.6 Å². The predicted octanol–water partition coefficient (Wildman–Crippen LogP) is 0.855. The SMILES string of the molecule is Cn1ncc(C(=O)O)c1CN1CCCCC1CCO. The van der Waals surface area contributed by atoms with Crippen LogP contribution in [0.5, 0.6) is 0 Å². The van der Waals surface area contributed by atoms with Crippen molar-refractivity contribution in [3.63, 3.8) is 0 Å². The van der Waals surface area contributed by atoms with E-state index < -0.39 is 5.97 Å². The predicted molar refractivity (Wildman–Crippen MR) is 69.9 cm³/mol. The first-order valence-corrected chi connectivity index (χ1v) is 6.72. The van der Waals surface area contributed by atoms with Gasteiger partial charge < -0.3 is 10.2 Å². The minimum absolute atomic E-state index is 0.179. The molecule has 0 bridgehead atoms. The first-order chi connectivity index (χ1) is 9.13. The molecular weight excluding hydrogens is 246 g/mol. The fourth-order valence-electron chi connectivity index (χ4n) is 2.77. The number of likely N-dealkylation sites (tertiary alicyclic amines) is 1. The molecule has 0 aromatic carbocycles. The zero-order valence-corrected chi connectivity index (χ0v) is 11.2. The number of aliphatic hydroxyl groups excluding tert-OH is 1. The third-order valence-corrected chi connectivity index (χ3v) is 3.86. The number of carbonyl (C=O) groups is 1. The number of aromatic carboxylic acids is 1. The molecule has 6 nitrogen and oxygen atoms in total. The van der Waals surface area contributed by atoms with Gasteiger partial charge in [-0.2, -0.15) is 5.10 Å². The van der Waals surface area contributed by atoms with Crippen molar-refractivity contribution in [3.8, 4) is 0 Å². The van der Waals surface area contributed by atoms with Crippen LogP contribution in [0.1, 0.15) is 41.7 Å². The van der Waals surface area contributed by atoms with Crippen molar-refractivity contribution >= 4 is 5.97 Å². The molecule has 1 fully saturated rings. The summed E-state index contributed by atoms with van der Waals surface area (Å²) in [7, 11) is 1.77. The van der Waals surface area contributed by atoms with Gasteiger partial charge in [0, 0.05) is 26.2 Å². The van der Waals surface area contributed by atoms with Crippen LogP contribution in [-0.4, -0.2) is 50.1 Å². The van der Waals surface area contributed by atoms with Gasteiger partial charge in [-0.3, -0.25) is 9.58 Å². The van der Waals surface area contributed by atoms with Crippen LogP contribution in [0.25, 0.3) is 0 Å². The maximum atomic E-state index is 11.2. The van der Waals surface area contributed by atoms with Crippen molar-refractivity contribution in [2.24, 2.45) is 7.05 Å². The fraction of sp³-hybridized carbons (Fsp3) is 0.692. The normalized spacial score (nSPS) is 20.6. The van der Waals surface area contributed by atoms with Crippen molar-refractivity contribution in [2.75, 3.05) is 13.2 Å². The van der Waals surface area contributed by atoms with Gasteiger partial charge in [-0.05, 0) is 25.8 Å². The summed E-state index contributed by atoms with van der Waals surface area (Å²) in [6.45, 7) is 1.72. The number of carboxylic acid groups (broad SMARTS) is 1. The van der Waals surface area contributed by atoms with Gasteiger partial charge in [-0.1, -0.05) is 6.42 Å². The molecule has 1 aromatic rings. The zero-order chi connectivity index (χ0) is 13.8. The van der Waals surface area contributed by atoms with Crippen LogP contribution in [0.2, 0.25) is 0 Å². The van der Waals surface area contributed by atoms with Crippen molar-refractivity contribution in [2.45, 2.75) is 38.3 Å². The van der Waals surface area contributed by atoms with Crippen molar-refractivity contribution < 1.29 is 15.0 Å². The van der Waals surface area contributed by atoms with Crippen LogP contribution in [-0.2, 0) is 13.6 Å². The van der Waals surface area contributed by atoms with Gasteiger partial charge in [0.1, 0.15) is 5.56 Å². The first kappa shape index (κ1) is 14.0. The van der Waals surface area contributed by atoms with E-state index in [-0.39, 0.29) is 12.2 Å². The molecule has 106 valence electrons. The summed E-state index contributed by atoms with van der Waals surface area (Å²) in [5, 5.41) is 22.3. The number of hydrogen-bond acceptors (Lipinski definition) is 4. The lowest BCUT2D eigenvalue weighted by atomic mass is 9.99. The van der Waals surface area contributed by atoms with E-state index in [1.807, 2.05) is 0 Å². The van der Waals surface area contributed by atoms with E-state index in [4.69, 9.17) is 10.2 Å². The average molecular weight is 267 g/mol. The Bertz CT molecular complexity index is 442. The highest BCUT2D eigenvalue weighted by Gasteiger charge is 2.25. The van der Waals surface area contributed by atoms with Crippen LogP contribution in [0.15, 0.2) is 6.20 Å². The van der Waals surface area contributed by atoms with Gasteiger partial charge in [-0.15, -0.1) is 0 Å². The molecule has 2 rings (SSSR count). The Morgan fingerprint density at radius 2 is 2.32 bits per heavy atom. The Morgan fingerprint density at radius 3 is 3.00 bits per heavy atom. The summed E-state index contributed by atoms with van der Waals surface area (Å²) < 4.78 is 1.63. The number of hydrogen-bond donors (Lipinski definition) is 2. The summed E-state index contributed by atoms with van der Waals surface area (Å²) >= 11 is 0. The lowest BCUT2D eigenvalue weighted by molar-refractivity contribution is 0.0689. The quantitative estimate of drug-likeness (QED) is 0.827. The van der Waals surface area contributed by atoms with E-state index in [2.05, 4.69) is 10.00 Å². The molecule has 0 amide bonds. The second kappa shape index (κ2) is 6.16. The number of carboxylic acids is 1. The average Bonchev–Trinajstić information content (AvgIpc) is 2.74. The molecule has 2 N–H and O–H groups in total. The van der Waals surface area contributed by atoms with E-state index in [1.54, 1.807) is 11.7 Å². The second-order valence-electron chi connectivity index (χ2n) is 5.07. The van der Waals surface area contributed by atoms with Gasteiger partial charge in [0.15, 0.2) is 0 Å². The van der Waals surface area contributed by atoms with Crippen molar-refractivity contribution in [3.05, 3.63) is 17.5 Å². The van der Waals surface area contributed by atoms with Crippen molar-refractivity contribution in [1.82, 2.24) is 14.7 Å². The number of piperidine rings is 1. The minimum atomic E-state index is -0.932. The van der Waals surface area contributed by atoms with Crippen LogP contribution >= 0.6 is 0 Å². The second-order valence-corrected chi connectivity index (χ2v) is 5.07. The summed E-state index contributed by atoms with van der Waals surface area (Å²) in [5.74, 6) is -0.932. The number of rotatable bonds is 5. The monoisotopic (exact) mass is 267 g/mol. The van der Waals surface area contributed by atoms with Gasteiger partial charge in [0.05, 0.1) is 11.9 Å². The first-order valence-electron chi connectivity index (χ1n) is 6.72. The van der Waals surface area contributed by atoms with E-state index >= 15 is 0 Å². The fourth-order valence-corrected chi connectivity index (χ4v) is 2.77. The Labute approximate surface area is 112 Å². The Balaban J connectivity index is 2.14. The van der Waals surface area contributed by atoms with Crippen LogP contribution in [0, 0.1) is 0 Å². The molecule has 1 aliphatic rings. The summed E-state index contributed by atoms with van der Waals surface area (Å²) in [6, 6.07) is 0.343. The maximum Gasteiger partial charge on any atom is 0.339 e. The number of nitrogens with zero attached hydrogens (tertiary/aromatic N) is 3. The molecule has 1 aliphatic heterocycles. The van der Waals surface area contributed by atoms with Crippen LogP contribution < -0.4 is 0 Å². The molecular formula is C13H21N3O3. The third kappa shape index (κ3) is 3.13. The Morgan fingerprint density at radius 1 is 1.53 bits per heavy atom. The third-order valence-electron chi connectivity index (χ3n) is 3.86. The topological polar surface area (TPSA) is 78.6 Å². The molecule has 0 aliphatic carbocycles. The molecule has 1 saturated heterocycles. The standard InChI is InChI=1S/C13H21N3O3/c1-15-12(11(8-14-15)13(18)19)9-16-6-3-2-4-10(16)5-7-17/h8,10,17H,2-7,9H2,1H3,(H,18,19). The smallest absolute Gasteiger partial charge is 0.339 e. The molecule has 0 saturated carbocycles. The molecule has 0 radical (unpaired) electrons. The Kier molecular flexibility index (Phi) is 4.55. The zero-order valence-electron chi connectivity index (χ0n) is 11.2. The number of aromatic nitrogens is 2. The number of aryl methyl sites for hydroxylation is 1. The Hall–Kier alpha value is -1.40. The number of aliphatic hydroxyl groups is 1. The van der Waals surface area contributed by atoms with Gasteiger partial charge in [0.25, 0.3) is 0 Å². The van der Waals surface area contributed by atoms with Crippen LogP contribution in [0.3, 0.4) is 0 Å². The molecule has 2 heterocycles. The van der Waals surface area contributed by atoms with Gasteiger partial charge in [0.2, 0.25) is 0 Å². The summed E-state index contributed by atoms with van der Waals surface area (Å²) in [5.41, 5.74) is 1.01. The van der Waals surface area contributed by atoms with Gasteiger partial charge in [-0.25, -0.2) is 4.79 Å². The lowest BCUT2D eigenvalue weighted by Gasteiger charge is -2.35.